The van der Waals surface area contributed by atoms with Crippen molar-refractivity contribution in [3.63, 3.8) is 0 Å². The van der Waals surface area contributed by atoms with Gasteiger partial charge in [0.05, 0.1) is 38.8 Å². The summed E-state index contributed by atoms with van der Waals surface area (Å²) < 4.78 is 5.02. The molecule has 0 atom stereocenters. The molecule has 0 saturated carbocycles. The predicted molar refractivity (Wildman–Crippen MR) is 208 cm³/mol. The second-order valence-corrected chi connectivity index (χ2v) is 13.3. The van der Waals surface area contributed by atoms with Crippen LogP contribution in [0, 0.1) is 0 Å². The predicted octanol–water partition coefficient (Wildman–Crippen LogP) is 12.6. The summed E-state index contributed by atoms with van der Waals surface area (Å²) in [6.45, 7) is 0. The van der Waals surface area contributed by atoms with Crippen LogP contribution in [0.4, 0.5) is 17.1 Å². The van der Waals surface area contributed by atoms with Gasteiger partial charge in [0.1, 0.15) is 0 Å². The third-order valence-corrected chi connectivity index (χ3v) is 10.9. The third kappa shape index (κ3) is 3.09. The number of nitrogens with zero attached hydrogens (tertiary/aromatic N) is 3. The van der Waals surface area contributed by atoms with E-state index in [0.29, 0.717) is 0 Å². The molecule has 0 N–H and O–H groups in total. The lowest BCUT2D eigenvalue weighted by atomic mass is 9.98. The van der Waals surface area contributed by atoms with E-state index in [1.807, 2.05) is 0 Å². The number of para-hydroxylation sites is 6. The van der Waals surface area contributed by atoms with Gasteiger partial charge < -0.3 is 13.7 Å². The van der Waals surface area contributed by atoms with Gasteiger partial charge in [-0.05, 0) is 59.3 Å². The highest BCUT2D eigenvalue weighted by molar-refractivity contribution is 6.35. The molecule has 226 valence electrons. The first-order chi connectivity index (χ1) is 24.4. The maximum Gasteiger partial charge on any atom is 0.0782 e. The molecule has 4 aromatic heterocycles. The molecule has 12 aromatic rings. The fourth-order valence-corrected chi connectivity index (χ4v) is 9.09. The third-order valence-electron chi connectivity index (χ3n) is 10.9. The van der Waals surface area contributed by atoms with Crippen LogP contribution in [0.5, 0.6) is 0 Å². The van der Waals surface area contributed by atoms with E-state index < -0.39 is 0 Å². The van der Waals surface area contributed by atoms with E-state index in [1.54, 1.807) is 0 Å². The topological polar surface area (TPSA) is 12.1 Å². The molecule has 12 rings (SSSR count). The van der Waals surface area contributed by atoms with E-state index in [-0.39, 0.29) is 0 Å². The van der Waals surface area contributed by atoms with Crippen LogP contribution in [0.15, 0.2) is 164 Å². The molecular weight excluding hydrogens is 595 g/mol. The molecule has 0 amide bonds. The van der Waals surface area contributed by atoms with Crippen LogP contribution >= 0.6 is 0 Å². The van der Waals surface area contributed by atoms with Crippen LogP contribution < -0.4 is 4.90 Å². The van der Waals surface area contributed by atoms with Crippen molar-refractivity contribution < 1.29 is 0 Å². The van der Waals surface area contributed by atoms with Gasteiger partial charge in [-0.25, -0.2) is 0 Å². The molecule has 8 aromatic carbocycles. The van der Waals surface area contributed by atoms with Crippen molar-refractivity contribution in [1.29, 1.82) is 0 Å². The van der Waals surface area contributed by atoms with Crippen LogP contribution in [0.3, 0.4) is 0 Å². The van der Waals surface area contributed by atoms with Crippen molar-refractivity contribution in [1.82, 2.24) is 8.80 Å². The number of aromatic nitrogens is 2. The first-order valence-electron chi connectivity index (χ1n) is 17.0. The molecule has 0 aliphatic carbocycles. The van der Waals surface area contributed by atoms with Gasteiger partial charge in [0.15, 0.2) is 0 Å². The van der Waals surface area contributed by atoms with Gasteiger partial charge in [-0.1, -0.05) is 115 Å². The monoisotopic (exact) mass is 621 g/mol. The molecule has 3 heteroatoms. The molecule has 0 aliphatic heterocycles. The van der Waals surface area contributed by atoms with Crippen molar-refractivity contribution in [2.45, 2.75) is 0 Å². The minimum atomic E-state index is 1.14. The van der Waals surface area contributed by atoms with Gasteiger partial charge in [0, 0.05) is 54.5 Å². The van der Waals surface area contributed by atoms with Crippen LogP contribution in [-0.4, -0.2) is 8.80 Å². The Balaban J connectivity index is 1.24. The van der Waals surface area contributed by atoms with Crippen molar-refractivity contribution >= 4 is 104 Å². The van der Waals surface area contributed by atoms with E-state index in [9.17, 15) is 0 Å². The van der Waals surface area contributed by atoms with E-state index >= 15 is 0 Å². The lowest BCUT2D eigenvalue weighted by molar-refractivity contribution is 1.27. The number of anilines is 3. The quantitative estimate of drug-likeness (QED) is 0.191. The first-order valence-corrected chi connectivity index (χ1v) is 17.0. The maximum absolute atomic E-state index is 2.54. The molecule has 4 heterocycles. The van der Waals surface area contributed by atoms with Crippen LogP contribution in [0.2, 0.25) is 0 Å². The smallest absolute Gasteiger partial charge is 0.0782 e. The summed E-state index contributed by atoms with van der Waals surface area (Å²) in [6, 6.07) is 60.2. The van der Waals surface area contributed by atoms with Crippen molar-refractivity contribution in [2.24, 2.45) is 0 Å². The highest BCUT2D eigenvalue weighted by Crippen LogP contribution is 2.48. The SMILES string of the molecule is c1ccc(N(c2ccccc2)c2cccc3c4cccc5c6c7ccc8c(c7ccc6n(c23)c45)c2cccc3c4ccccc4n8c32)cc1. The Morgan fingerprint density at radius 3 is 1.41 bits per heavy atom. The molecule has 3 nitrogen and oxygen atoms in total. The molecular formula is C46H27N3. The standard InChI is InChI=1S/C46H27N3/c1-3-12-28(13-4-1)47(29-14-5-2-6-15-29)41-23-11-19-35-34-18-10-21-37-43-32-24-26-39-42(31(32)25-27-40(43)49(45(34)37)46(35)41)36-20-9-17-33-30-16-7-8-22-38(30)48(39)44(33)36/h1-27H. The van der Waals surface area contributed by atoms with Crippen molar-refractivity contribution in [3.05, 3.63) is 164 Å². The molecule has 0 spiro atoms. The minimum Gasteiger partial charge on any atom is -0.308 e. The van der Waals surface area contributed by atoms with Gasteiger partial charge in [0.2, 0.25) is 0 Å². The lowest BCUT2D eigenvalue weighted by Gasteiger charge is -2.26. The fraction of sp³-hybridized carbons (Fsp3) is 0. The Morgan fingerprint density at radius 1 is 0.286 bits per heavy atom. The van der Waals surface area contributed by atoms with Crippen LogP contribution in [-0.2, 0) is 0 Å². The van der Waals surface area contributed by atoms with E-state index in [2.05, 4.69) is 177 Å². The Kier molecular flexibility index (Phi) is 4.72. The van der Waals surface area contributed by atoms with Gasteiger partial charge in [-0.2, -0.15) is 0 Å². The molecule has 0 saturated heterocycles. The summed E-state index contributed by atoms with van der Waals surface area (Å²) in [6.07, 6.45) is 0. The fourth-order valence-electron chi connectivity index (χ4n) is 9.09. The van der Waals surface area contributed by atoms with Gasteiger partial charge in [0.25, 0.3) is 0 Å². The van der Waals surface area contributed by atoms with Crippen molar-refractivity contribution in [2.75, 3.05) is 4.90 Å². The summed E-state index contributed by atoms with van der Waals surface area (Å²) in [5.74, 6) is 0. The highest BCUT2D eigenvalue weighted by Gasteiger charge is 2.25. The lowest BCUT2D eigenvalue weighted by Crippen LogP contribution is -2.10. The number of fused-ring (bicyclic) bond motifs is 15. The summed E-state index contributed by atoms with van der Waals surface area (Å²) in [7, 11) is 0. The Hall–Kier alpha value is -6.58. The summed E-state index contributed by atoms with van der Waals surface area (Å²) >= 11 is 0. The van der Waals surface area contributed by atoms with Gasteiger partial charge in [-0.3, -0.25) is 0 Å². The van der Waals surface area contributed by atoms with Gasteiger partial charge >= 0.3 is 0 Å². The van der Waals surface area contributed by atoms with Crippen LogP contribution in [0.1, 0.15) is 0 Å². The van der Waals surface area contributed by atoms with E-state index in [4.69, 9.17) is 0 Å². The normalized spacial score (nSPS) is 12.5. The molecule has 0 fully saturated rings. The second kappa shape index (κ2) is 9.06. The van der Waals surface area contributed by atoms with Gasteiger partial charge in [-0.15, -0.1) is 0 Å². The van der Waals surface area contributed by atoms with Crippen molar-refractivity contribution in [3.8, 4) is 0 Å². The Labute approximate surface area is 280 Å². The maximum atomic E-state index is 2.54. The Morgan fingerprint density at radius 2 is 0.755 bits per heavy atom. The van der Waals surface area contributed by atoms with E-state index in [0.717, 1.165) is 17.1 Å². The first kappa shape index (κ1) is 25.5. The molecule has 0 unspecified atom stereocenters. The summed E-state index contributed by atoms with van der Waals surface area (Å²) in [5, 5.41) is 13.1. The number of hydrogen-bond donors (Lipinski definition) is 0. The highest BCUT2D eigenvalue weighted by atomic mass is 15.2. The zero-order chi connectivity index (χ0) is 31.8. The average molecular weight is 622 g/mol. The van der Waals surface area contributed by atoms with Crippen LogP contribution in [0.25, 0.3) is 87.0 Å². The number of rotatable bonds is 3. The number of benzene rings is 8. The number of hydrogen-bond acceptors (Lipinski definition) is 1. The zero-order valence-corrected chi connectivity index (χ0v) is 26.4. The molecule has 0 radical (unpaired) electrons. The minimum absolute atomic E-state index is 1.14. The Bertz CT molecular complexity index is 3220. The second-order valence-electron chi connectivity index (χ2n) is 13.3. The summed E-state index contributed by atoms with van der Waals surface area (Å²) in [5.41, 5.74) is 11.0. The molecule has 49 heavy (non-hydrogen) atoms. The largest absolute Gasteiger partial charge is 0.308 e. The summed E-state index contributed by atoms with van der Waals surface area (Å²) in [4.78, 5) is 2.40. The molecule has 0 bridgehead atoms. The average Bonchev–Trinajstić information content (AvgIpc) is 3.90. The molecule has 0 aliphatic rings. The van der Waals surface area contributed by atoms with E-state index in [1.165, 1.54) is 87.0 Å². The zero-order valence-electron chi connectivity index (χ0n) is 26.4.